The Balaban J connectivity index is 2.87. The van der Waals surface area contributed by atoms with Crippen LogP contribution in [0.25, 0.3) is 0 Å². The van der Waals surface area contributed by atoms with Crippen LogP contribution in [0.15, 0.2) is 22.7 Å². The lowest BCUT2D eigenvalue weighted by atomic mass is 10.1. The highest BCUT2D eigenvalue weighted by Crippen LogP contribution is 2.21. The number of primary amides is 1. The van der Waals surface area contributed by atoms with Crippen molar-refractivity contribution in [3.05, 3.63) is 33.3 Å². The van der Waals surface area contributed by atoms with Gasteiger partial charge < -0.3 is 16.2 Å². The molecule has 1 aromatic carbocycles. The van der Waals surface area contributed by atoms with Crippen molar-refractivity contribution in [1.29, 1.82) is 0 Å². The molecule has 19 heavy (non-hydrogen) atoms. The van der Waals surface area contributed by atoms with Crippen LogP contribution in [0.5, 0.6) is 0 Å². The summed E-state index contributed by atoms with van der Waals surface area (Å²) in [6, 6.07) is 3.06. The van der Waals surface area contributed by atoms with Crippen molar-refractivity contribution in [2.75, 3.05) is 0 Å². The van der Waals surface area contributed by atoms with E-state index in [1.807, 2.05) is 0 Å². The van der Waals surface area contributed by atoms with Gasteiger partial charge in [0.1, 0.15) is 6.04 Å². The molecule has 6 nitrogen and oxygen atoms in total. The number of rotatable bonds is 5. The maximum absolute atomic E-state index is 11.9. The van der Waals surface area contributed by atoms with Crippen molar-refractivity contribution in [3.8, 4) is 0 Å². The monoisotopic (exact) mass is 348 g/mol. The molecule has 4 N–H and O–H groups in total. The molecular weight excluding hydrogens is 339 g/mol. The van der Waals surface area contributed by atoms with Crippen LogP contribution in [-0.2, 0) is 9.59 Å². The fourth-order valence-corrected chi connectivity index (χ4v) is 2.17. The molecule has 1 rings (SSSR count). The Kier molecular flexibility index (Phi) is 5.31. The van der Waals surface area contributed by atoms with E-state index < -0.39 is 30.2 Å². The van der Waals surface area contributed by atoms with Gasteiger partial charge in [0.25, 0.3) is 5.91 Å². The first-order valence-corrected chi connectivity index (χ1v) is 6.25. The van der Waals surface area contributed by atoms with E-state index in [4.69, 9.17) is 22.4 Å². The highest BCUT2D eigenvalue weighted by Gasteiger charge is 2.23. The van der Waals surface area contributed by atoms with Crippen LogP contribution in [0.1, 0.15) is 16.8 Å². The van der Waals surface area contributed by atoms with E-state index in [9.17, 15) is 14.4 Å². The number of hydrogen-bond acceptors (Lipinski definition) is 3. The number of nitrogens with one attached hydrogen (secondary N) is 1. The molecule has 0 aromatic heterocycles. The van der Waals surface area contributed by atoms with Gasteiger partial charge >= 0.3 is 5.97 Å². The van der Waals surface area contributed by atoms with Gasteiger partial charge in [-0.3, -0.25) is 9.59 Å². The maximum Gasteiger partial charge on any atom is 0.326 e. The van der Waals surface area contributed by atoms with Gasteiger partial charge in [-0.1, -0.05) is 11.6 Å². The summed E-state index contributed by atoms with van der Waals surface area (Å²) in [5, 5.41) is 11.5. The number of carbonyl (C=O) groups is 3. The van der Waals surface area contributed by atoms with Crippen molar-refractivity contribution in [2.45, 2.75) is 12.5 Å². The molecule has 0 unspecified atom stereocenters. The SMILES string of the molecule is NC(=O)C[C@@H](NC(=O)c1ccc(Cl)cc1Br)C(=O)O. The molecule has 8 heteroatoms. The zero-order valence-corrected chi connectivity index (χ0v) is 11.9. The Labute approximate surface area is 122 Å². The van der Waals surface area contributed by atoms with E-state index >= 15 is 0 Å². The standard InChI is InChI=1S/C11H10BrClN2O4/c12-7-3-5(13)1-2-6(7)10(17)15-8(11(18)19)4-9(14)16/h1-3,8H,4H2,(H2,14,16)(H,15,17)(H,18,19)/t8-/m1/s1. The summed E-state index contributed by atoms with van der Waals surface area (Å²) in [5.41, 5.74) is 5.12. The van der Waals surface area contributed by atoms with Crippen LogP contribution >= 0.6 is 27.5 Å². The minimum atomic E-state index is -1.37. The molecule has 2 amide bonds. The summed E-state index contributed by atoms with van der Waals surface area (Å²) < 4.78 is 0.417. The van der Waals surface area contributed by atoms with Crippen molar-refractivity contribution in [1.82, 2.24) is 5.32 Å². The summed E-state index contributed by atoms with van der Waals surface area (Å²) in [5.74, 6) is -2.79. The lowest BCUT2D eigenvalue weighted by Gasteiger charge is -2.13. The quantitative estimate of drug-likeness (QED) is 0.741. The average molecular weight is 350 g/mol. The first kappa shape index (κ1) is 15.5. The molecule has 0 saturated heterocycles. The number of aliphatic carboxylic acids is 1. The largest absolute Gasteiger partial charge is 0.480 e. The van der Waals surface area contributed by atoms with E-state index in [1.165, 1.54) is 18.2 Å². The van der Waals surface area contributed by atoms with Gasteiger partial charge in [0.05, 0.1) is 12.0 Å². The predicted octanol–water partition coefficient (Wildman–Crippen LogP) is 1.16. The maximum atomic E-state index is 11.9. The molecule has 0 heterocycles. The van der Waals surface area contributed by atoms with Crippen LogP contribution < -0.4 is 11.1 Å². The predicted molar refractivity (Wildman–Crippen MR) is 71.9 cm³/mol. The third-order valence-corrected chi connectivity index (χ3v) is 3.08. The van der Waals surface area contributed by atoms with Crippen molar-refractivity contribution in [2.24, 2.45) is 5.73 Å². The van der Waals surface area contributed by atoms with Crippen LogP contribution in [-0.4, -0.2) is 28.9 Å². The topological polar surface area (TPSA) is 109 Å². The van der Waals surface area contributed by atoms with E-state index in [2.05, 4.69) is 21.2 Å². The molecule has 1 aromatic rings. The number of benzene rings is 1. The highest BCUT2D eigenvalue weighted by molar-refractivity contribution is 9.10. The van der Waals surface area contributed by atoms with Crippen molar-refractivity contribution < 1.29 is 19.5 Å². The Morgan fingerprint density at radius 2 is 2.05 bits per heavy atom. The molecule has 1 atom stereocenters. The van der Waals surface area contributed by atoms with Gasteiger partial charge in [-0.15, -0.1) is 0 Å². The second-order valence-electron chi connectivity index (χ2n) is 3.66. The lowest BCUT2D eigenvalue weighted by Crippen LogP contribution is -2.43. The van der Waals surface area contributed by atoms with E-state index in [0.29, 0.717) is 9.50 Å². The van der Waals surface area contributed by atoms with Crippen LogP contribution in [0.2, 0.25) is 5.02 Å². The lowest BCUT2D eigenvalue weighted by molar-refractivity contribution is -0.140. The normalized spacial score (nSPS) is 11.7. The summed E-state index contributed by atoms with van der Waals surface area (Å²) in [6.07, 6.45) is -0.480. The van der Waals surface area contributed by atoms with Gasteiger partial charge in [-0.25, -0.2) is 4.79 Å². The molecule has 0 saturated carbocycles. The number of carbonyl (C=O) groups excluding carboxylic acids is 2. The van der Waals surface area contributed by atoms with Gasteiger partial charge in [0.2, 0.25) is 5.91 Å². The average Bonchev–Trinajstić information content (AvgIpc) is 2.26. The minimum absolute atomic E-state index is 0.208. The molecule has 102 valence electrons. The highest BCUT2D eigenvalue weighted by atomic mass is 79.9. The van der Waals surface area contributed by atoms with E-state index in [1.54, 1.807) is 0 Å². The molecule has 0 bridgehead atoms. The third kappa shape index (κ3) is 4.53. The second kappa shape index (κ2) is 6.53. The van der Waals surface area contributed by atoms with E-state index in [-0.39, 0.29) is 5.56 Å². The molecule has 0 fully saturated rings. The van der Waals surface area contributed by atoms with Crippen LogP contribution in [0.3, 0.4) is 0 Å². The van der Waals surface area contributed by atoms with Gasteiger partial charge in [-0.2, -0.15) is 0 Å². The fourth-order valence-electron chi connectivity index (χ4n) is 1.31. The molecule has 0 spiro atoms. The first-order valence-electron chi connectivity index (χ1n) is 5.08. The summed E-state index contributed by atoms with van der Waals surface area (Å²) in [4.78, 5) is 33.5. The summed E-state index contributed by atoms with van der Waals surface area (Å²) in [6.45, 7) is 0. The molecule has 0 aliphatic carbocycles. The van der Waals surface area contributed by atoms with Gasteiger partial charge in [0.15, 0.2) is 0 Å². The smallest absolute Gasteiger partial charge is 0.326 e. The number of halogens is 2. The third-order valence-electron chi connectivity index (χ3n) is 2.18. The van der Waals surface area contributed by atoms with Crippen LogP contribution in [0, 0.1) is 0 Å². The number of nitrogens with two attached hydrogens (primary N) is 1. The molecular formula is C11H10BrClN2O4. The summed E-state index contributed by atoms with van der Waals surface area (Å²) in [7, 11) is 0. The number of amides is 2. The van der Waals surface area contributed by atoms with Gasteiger partial charge in [0, 0.05) is 9.50 Å². The first-order chi connectivity index (χ1) is 8.81. The Morgan fingerprint density at radius 3 is 2.53 bits per heavy atom. The fraction of sp³-hybridized carbons (Fsp3) is 0.182. The minimum Gasteiger partial charge on any atom is -0.480 e. The van der Waals surface area contributed by atoms with Gasteiger partial charge in [-0.05, 0) is 34.1 Å². The van der Waals surface area contributed by atoms with Crippen molar-refractivity contribution in [3.63, 3.8) is 0 Å². The second-order valence-corrected chi connectivity index (χ2v) is 4.95. The Morgan fingerprint density at radius 1 is 1.42 bits per heavy atom. The number of carboxylic acid groups (broad SMARTS) is 1. The van der Waals surface area contributed by atoms with Crippen LogP contribution in [0.4, 0.5) is 0 Å². The molecule has 0 aliphatic rings. The van der Waals surface area contributed by atoms with E-state index in [0.717, 1.165) is 0 Å². The number of hydrogen-bond donors (Lipinski definition) is 3. The molecule has 0 aliphatic heterocycles. The molecule has 0 radical (unpaired) electrons. The number of carboxylic acids is 1. The Bertz CT molecular complexity index is 535. The zero-order chi connectivity index (χ0) is 14.6. The van der Waals surface area contributed by atoms with Crippen molar-refractivity contribution >= 4 is 45.3 Å². The summed E-state index contributed by atoms with van der Waals surface area (Å²) >= 11 is 8.87. The Hall–Kier alpha value is -1.60. The zero-order valence-electron chi connectivity index (χ0n) is 9.52.